The van der Waals surface area contributed by atoms with Crippen molar-refractivity contribution in [3.8, 4) is 0 Å². The highest BCUT2D eigenvalue weighted by atomic mass is 79.9. The SMILES string of the molecule is CN(Cc1cn[nH]c1)C(=O)c1ccc(Br)cc1C(F)(F)F. The molecule has 0 radical (unpaired) electrons. The van der Waals surface area contributed by atoms with E-state index in [1.807, 2.05) is 0 Å². The zero-order chi connectivity index (χ0) is 15.6. The van der Waals surface area contributed by atoms with Crippen molar-refractivity contribution in [2.75, 3.05) is 7.05 Å². The fourth-order valence-corrected chi connectivity index (χ4v) is 2.21. The summed E-state index contributed by atoms with van der Waals surface area (Å²) in [4.78, 5) is 13.4. The number of nitrogens with zero attached hydrogens (tertiary/aromatic N) is 2. The van der Waals surface area contributed by atoms with Gasteiger partial charge in [0.1, 0.15) is 0 Å². The normalized spacial score (nSPS) is 11.5. The summed E-state index contributed by atoms with van der Waals surface area (Å²) in [6.07, 6.45) is -1.50. The predicted molar refractivity (Wildman–Crippen MR) is 73.5 cm³/mol. The third-order valence-electron chi connectivity index (χ3n) is 2.84. The van der Waals surface area contributed by atoms with Crippen molar-refractivity contribution in [3.05, 3.63) is 51.8 Å². The number of aromatic amines is 1. The molecule has 0 atom stereocenters. The van der Waals surface area contributed by atoms with Gasteiger partial charge < -0.3 is 4.90 Å². The fraction of sp³-hybridized carbons (Fsp3) is 0.231. The van der Waals surface area contributed by atoms with Crippen LogP contribution in [0.4, 0.5) is 13.2 Å². The summed E-state index contributed by atoms with van der Waals surface area (Å²) in [5, 5.41) is 6.31. The van der Waals surface area contributed by atoms with Gasteiger partial charge in [-0.2, -0.15) is 18.3 Å². The lowest BCUT2D eigenvalue weighted by molar-refractivity contribution is -0.138. The molecule has 0 spiro atoms. The number of H-pyrrole nitrogens is 1. The molecule has 2 aromatic rings. The smallest absolute Gasteiger partial charge is 0.337 e. The Hall–Kier alpha value is -1.83. The van der Waals surface area contributed by atoms with E-state index in [0.717, 1.165) is 6.07 Å². The Bertz CT molecular complexity index is 641. The number of carbonyl (C=O) groups is 1. The molecule has 1 amide bonds. The second-order valence-corrected chi connectivity index (χ2v) is 5.37. The molecule has 1 aromatic carbocycles. The van der Waals surface area contributed by atoms with E-state index in [0.29, 0.717) is 5.56 Å². The summed E-state index contributed by atoms with van der Waals surface area (Å²) in [6.45, 7) is 0.169. The molecule has 21 heavy (non-hydrogen) atoms. The van der Waals surface area contributed by atoms with E-state index < -0.39 is 17.6 Å². The molecule has 2 rings (SSSR count). The molecular weight excluding hydrogens is 351 g/mol. The van der Waals surface area contributed by atoms with Crippen molar-refractivity contribution >= 4 is 21.8 Å². The minimum Gasteiger partial charge on any atom is -0.337 e. The Kier molecular flexibility index (Phi) is 4.36. The van der Waals surface area contributed by atoms with Crippen LogP contribution in [0.3, 0.4) is 0 Å². The summed E-state index contributed by atoms with van der Waals surface area (Å²) in [6, 6.07) is 3.48. The van der Waals surface area contributed by atoms with Crippen molar-refractivity contribution in [3.63, 3.8) is 0 Å². The lowest BCUT2D eigenvalue weighted by Gasteiger charge is -2.19. The molecule has 0 bridgehead atoms. The van der Waals surface area contributed by atoms with Gasteiger partial charge in [-0.15, -0.1) is 0 Å². The average Bonchev–Trinajstić information content (AvgIpc) is 2.89. The Morgan fingerprint density at radius 2 is 2.14 bits per heavy atom. The maximum absolute atomic E-state index is 13.0. The van der Waals surface area contributed by atoms with Crippen molar-refractivity contribution in [1.82, 2.24) is 15.1 Å². The van der Waals surface area contributed by atoms with Crippen LogP contribution in [0.2, 0.25) is 0 Å². The maximum atomic E-state index is 13.0. The molecule has 1 heterocycles. The summed E-state index contributed by atoms with van der Waals surface area (Å²) in [5.74, 6) is -0.698. The van der Waals surface area contributed by atoms with Crippen molar-refractivity contribution in [2.24, 2.45) is 0 Å². The quantitative estimate of drug-likeness (QED) is 0.909. The van der Waals surface area contributed by atoms with Gasteiger partial charge in [-0.3, -0.25) is 9.89 Å². The van der Waals surface area contributed by atoms with E-state index in [4.69, 9.17) is 0 Å². The van der Waals surface area contributed by atoms with Crippen LogP contribution in [0.1, 0.15) is 21.5 Å². The van der Waals surface area contributed by atoms with Gasteiger partial charge in [-0.25, -0.2) is 0 Å². The zero-order valence-corrected chi connectivity index (χ0v) is 12.5. The summed E-state index contributed by atoms with van der Waals surface area (Å²) in [5.41, 5.74) is -0.630. The van der Waals surface area contributed by atoms with Crippen LogP contribution >= 0.6 is 15.9 Å². The standard InChI is InChI=1S/C13H11BrF3N3O/c1-20(7-8-5-18-19-6-8)12(21)10-3-2-9(14)4-11(10)13(15,16)17/h2-6H,7H2,1H3,(H,18,19). The van der Waals surface area contributed by atoms with Crippen molar-refractivity contribution in [2.45, 2.75) is 12.7 Å². The molecule has 0 saturated heterocycles. The Morgan fingerprint density at radius 3 is 2.71 bits per heavy atom. The van der Waals surface area contributed by atoms with Crippen LogP contribution in [0.15, 0.2) is 35.1 Å². The fourth-order valence-electron chi connectivity index (χ4n) is 1.85. The van der Waals surface area contributed by atoms with E-state index >= 15 is 0 Å². The first-order valence-electron chi connectivity index (χ1n) is 5.89. The number of aromatic nitrogens is 2. The van der Waals surface area contributed by atoms with Gasteiger partial charge in [0.2, 0.25) is 0 Å². The van der Waals surface area contributed by atoms with Gasteiger partial charge >= 0.3 is 6.18 Å². The van der Waals surface area contributed by atoms with Gasteiger partial charge in [-0.1, -0.05) is 15.9 Å². The lowest BCUT2D eigenvalue weighted by atomic mass is 10.1. The van der Waals surface area contributed by atoms with E-state index in [-0.39, 0.29) is 16.6 Å². The van der Waals surface area contributed by atoms with Crippen LogP contribution < -0.4 is 0 Å². The summed E-state index contributed by atoms with van der Waals surface area (Å²) >= 11 is 2.99. The lowest BCUT2D eigenvalue weighted by Crippen LogP contribution is -2.28. The van der Waals surface area contributed by atoms with E-state index in [2.05, 4.69) is 26.1 Å². The van der Waals surface area contributed by atoms with Gasteiger partial charge in [-0.05, 0) is 18.2 Å². The van der Waals surface area contributed by atoms with Gasteiger partial charge in [0.15, 0.2) is 0 Å². The van der Waals surface area contributed by atoms with E-state index in [9.17, 15) is 18.0 Å². The van der Waals surface area contributed by atoms with E-state index in [1.165, 1.54) is 30.3 Å². The summed E-state index contributed by atoms with van der Waals surface area (Å²) in [7, 11) is 1.44. The van der Waals surface area contributed by atoms with Crippen molar-refractivity contribution < 1.29 is 18.0 Å². The number of halogens is 4. The molecule has 4 nitrogen and oxygen atoms in total. The molecule has 0 fully saturated rings. The molecule has 1 N–H and O–H groups in total. The van der Waals surface area contributed by atoms with Crippen molar-refractivity contribution in [1.29, 1.82) is 0 Å². The minimum absolute atomic E-state index is 0.169. The molecule has 0 aliphatic carbocycles. The number of rotatable bonds is 3. The number of benzene rings is 1. The first kappa shape index (κ1) is 15.6. The second kappa shape index (κ2) is 5.88. The van der Waals surface area contributed by atoms with E-state index in [1.54, 1.807) is 6.20 Å². The highest BCUT2D eigenvalue weighted by molar-refractivity contribution is 9.10. The Labute approximate surface area is 127 Å². The Balaban J connectivity index is 2.30. The number of nitrogens with one attached hydrogen (secondary N) is 1. The third kappa shape index (κ3) is 3.63. The minimum atomic E-state index is -4.59. The van der Waals surface area contributed by atoms with Gasteiger partial charge in [0, 0.05) is 29.8 Å². The molecule has 0 saturated carbocycles. The number of hydrogen-bond acceptors (Lipinski definition) is 2. The Morgan fingerprint density at radius 1 is 1.43 bits per heavy atom. The zero-order valence-electron chi connectivity index (χ0n) is 10.9. The maximum Gasteiger partial charge on any atom is 0.417 e. The molecule has 0 aliphatic rings. The van der Waals surface area contributed by atoms with Gasteiger partial charge in [0.05, 0.1) is 17.3 Å². The first-order valence-corrected chi connectivity index (χ1v) is 6.68. The number of alkyl halides is 3. The third-order valence-corrected chi connectivity index (χ3v) is 3.33. The highest BCUT2D eigenvalue weighted by Crippen LogP contribution is 2.34. The number of hydrogen-bond donors (Lipinski definition) is 1. The monoisotopic (exact) mass is 361 g/mol. The largest absolute Gasteiger partial charge is 0.417 e. The topological polar surface area (TPSA) is 49.0 Å². The molecule has 1 aromatic heterocycles. The predicted octanol–water partition coefficient (Wildman–Crippen LogP) is 3.46. The summed E-state index contributed by atoms with van der Waals surface area (Å²) < 4.78 is 39.3. The molecule has 0 aliphatic heterocycles. The van der Waals surface area contributed by atoms with Crippen LogP contribution in [0.25, 0.3) is 0 Å². The van der Waals surface area contributed by atoms with Crippen LogP contribution in [0.5, 0.6) is 0 Å². The molecule has 0 unspecified atom stereocenters. The molecule has 8 heteroatoms. The van der Waals surface area contributed by atoms with Crippen LogP contribution in [-0.4, -0.2) is 28.1 Å². The molecular formula is C13H11BrF3N3O. The van der Waals surface area contributed by atoms with Gasteiger partial charge in [0.25, 0.3) is 5.91 Å². The second-order valence-electron chi connectivity index (χ2n) is 4.46. The average molecular weight is 362 g/mol. The number of carbonyl (C=O) groups excluding carboxylic acids is 1. The van der Waals surface area contributed by atoms with Crippen LogP contribution in [-0.2, 0) is 12.7 Å². The highest BCUT2D eigenvalue weighted by Gasteiger charge is 2.36. The molecule has 112 valence electrons. The van der Waals surface area contributed by atoms with Crippen LogP contribution in [0, 0.1) is 0 Å². The first-order chi connectivity index (χ1) is 9.79. The number of amides is 1.